The van der Waals surface area contributed by atoms with Crippen LogP contribution in [0.25, 0.3) is 0 Å². The van der Waals surface area contributed by atoms with Crippen LogP contribution in [0.4, 0.5) is 11.4 Å². The molecule has 3 nitrogen and oxygen atoms in total. The zero-order valence-electron chi connectivity index (χ0n) is 8.90. The van der Waals surface area contributed by atoms with Gasteiger partial charge >= 0.3 is 0 Å². The van der Waals surface area contributed by atoms with Crippen molar-refractivity contribution in [2.75, 3.05) is 17.2 Å². The lowest BCUT2D eigenvalue weighted by atomic mass is 10.1. The minimum atomic E-state index is 0.563. The number of anilines is 2. The van der Waals surface area contributed by atoms with Crippen molar-refractivity contribution >= 4 is 11.4 Å². The highest BCUT2D eigenvalue weighted by molar-refractivity contribution is 5.63. The molecule has 1 fully saturated rings. The van der Waals surface area contributed by atoms with Crippen molar-refractivity contribution in [3.8, 4) is 6.07 Å². The number of hydrogen-bond donors (Lipinski definition) is 1. The summed E-state index contributed by atoms with van der Waals surface area (Å²) in [5, 5.41) is 8.90. The van der Waals surface area contributed by atoms with Gasteiger partial charge in [0, 0.05) is 24.0 Å². The van der Waals surface area contributed by atoms with Gasteiger partial charge in [0.1, 0.15) is 6.07 Å². The molecular formula is C12H15N3. The number of nitrogens with two attached hydrogens (primary N) is 1. The van der Waals surface area contributed by atoms with Gasteiger partial charge < -0.3 is 10.6 Å². The predicted molar refractivity (Wildman–Crippen MR) is 61.6 cm³/mol. The van der Waals surface area contributed by atoms with Gasteiger partial charge in [0.05, 0.1) is 5.56 Å². The Bertz CT molecular complexity index is 402. The molecule has 78 valence electrons. The molecule has 3 heteroatoms. The normalized spacial score (nSPS) is 14.7. The third-order valence-electron chi connectivity index (χ3n) is 2.82. The van der Waals surface area contributed by atoms with Crippen LogP contribution >= 0.6 is 0 Å². The van der Waals surface area contributed by atoms with Crippen molar-refractivity contribution in [1.82, 2.24) is 0 Å². The fraction of sp³-hybridized carbons (Fsp3) is 0.417. The molecule has 0 bridgehead atoms. The molecule has 0 radical (unpaired) electrons. The number of rotatable bonds is 3. The van der Waals surface area contributed by atoms with E-state index in [0.717, 1.165) is 12.2 Å². The van der Waals surface area contributed by atoms with Crippen LogP contribution in [0.2, 0.25) is 0 Å². The number of benzene rings is 1. The first-order valence-electron chi connectivity index (χ1n) is 5.32. The van der Waals surface area contributed by atoms with E-state index in [-0.39, 0.29) is 0 Å². The lowest BCUT2D eigenvalue weighted by molar-refractivity contribution is 0.826. The Kier molecular flexibility index (Phi) is 2.51. The zero-order chi connectivity index (χ0) is 10.8. The highest BCUT2D eigenvalue weighted by Gasteiger charge is 2.28. The topological polar surface area (TPSA) is 53.0 Å². The minimum absolute atomic E-state index is 0.563. The highest BCUT2D eigenvalue weighted by Crippen LogP contribution is 2.32. The van der Waals surface area contributed by atoms with E-state index < -0.39 is 0 Å². The first-order chi connectivity index (χ1) is 7.26. The molecule has 1 aromatic rings. The molecular weight excluding hydrogens is 186 g/mol. The molecule has 1 aliphatic rings. The van der Waals surface area contributed by atoms with E-state index in [1.807, 2.05) is 18.2 Å². The van der Waals surface area contributed by atoms with Crippen LogP contribution in [0.1, 0.15) is 25.3 Å². The van der Waals surface area contributed by atoms with Crippen LogP contribution in [0.15, 0.2) is 18.2 Å². The van der Waals surface area contributed by atoms with Crippen molar-refractivity contribution in [1.29, 1.82) is 5.26 Å². The fourth-order valence-corrected chi connectivity index (χ4v) is 1.86. The van der Waals surface area contributed by atoms with Crippen LogP contribution < -0.4 is 10.6 Å². The zero-order valence-corrected chi connectivity index (χ0v) is 8.90. The average Bonchev–Trinajstić information content (AvgIpc) is 3.06. The molecule has 0 heterocycles. The van der Waals surface area contributed by atoms with Gasteiger partial charge in [-0.25, -0.2) is 0 Å². The maximum atomic E-state index is 8.90. The van der Waals surface area contributed by atoms with Crippen LogP contribution in [-0.4, -0.2) is 12.6 Å². The maximum absolute atomic E-state index is 8.90. The van der Waals surface area contributed by atoms with Gasteiger partial charge in [0.25, 0.3) is 0 Å². The minimum Gasteiger partial charge on any atom is -0.398 e. The largest absolute Gasteiger partial charge is 0.398 e. The number of nitriles is 1. The maximum Gasteiger partial charge on any atom is 0.101 e. The monoisotopic (exact) mass is 201 g/mol. The molecule has 0 aromatic heterocycles. The number of nitrogen functional groups attached to an aromatic ring is 1. The van der Waals surface area contributed by atoms with Gasteiger partial charge in [0.2, 0.25) is 0 Å². The van der Waals surface area contributed by atoms with E-state index in [0.29, 0.717) is 17.3 Å². The van der Waals surface area contributed by atoms with Gasteiger partial charge in [-0.05, 0) is 38.0 Å². The molecule has 0 spiro atoms. The van der Waals surface area contributed by atoms with Crippen LogP contribution in [-0.2, 0) is 0 Å². The Morgan fingerprint density at radius 3 is 2.80 bits per heavy atom. The smallest absolute Gasteiger partial charge is 0.101 e. The summed E-state index contributed by atoms with van der Waals surface area (Å²) in [6.45, 7) is 3.13. The summed E-state index contributed by atoms with van der Waals surface area (Å²) in [5.74, 6) is 0. The van der Waals surface area contributed by atoms with Crippen molar-refractivity contribution in [2.24, 2.45) is 0 Å². The molecule has 0 atom stereocenters. The van der Waals surface area contributed by atoms with E-state index in [1.165, 1.54) is 12.8 Å². The van der Waals surface area contributed by atoms with Gasteiger partial charge in [-0.3, -0.25) is 0 Å². The Balaban J connectivity index is 2.31. The van der Waals surface area contributed by atoms with Gasteiger partial charge in [-0.1, -0.05) is 0 Å². The second kappa shape index (κ2) is 3.82. The van der Waals surface area contributed by atoms with E-state index in [9.17, 15) is 0 Å². The van der Waals surface area contributed by atoms with Gasteiger partial charge in [0.15, 0.2) is 0 Å². The average molecular weight is 201 g/mol. The van der Waals surface area contributed by atoms with Crippen molar-refractivity contribution in [2.45, 2.75) is 25.8 Å². The quantitative estimate of drug-likeness (QED) is 0.762. The van der Waals surface area contributed by atoms with Crippen molar-refractivity contribution < 1.29 is 0 Å². The summed E-state index contributed by atoms with van der Waals surface area (Å²) in [5.41, 5.74) is 7.95. The third-order valence-corrected chi connectivity index (χ3v) is 2.82. The van der Waals surface area contributed by atoms with Crippen LogP contribution in [0.5, 0.6) is 0 Å². The number of hydrogen-bond acceptors (Lipinski definition) is 3. The standard InChI is InChI=1S/C12H15N3/c1-2-15(10-3-4-10)11-5-6-12(14)9(7-11)8-13/h5-7,10H,2-4,14H2,1H3. The fourth-order valence-electron chi connectivity index (χ4n) is 1.86. The molecule has 2 rings (SSSR count). The van der Waals surface area contributed by atoms with E-state index in [4.69, 9.17) is 11.0 Å². The molecule has 0 unspecified atom stereocenters. The summed E-state index contributed by atoms with van der Waals surface area (Å²) in [4.78, 5) is 2.33. The lowest BCUT2D eigenvalue weighted by Gasteiger charge is -2.23. The summed E-state index contributed by atoms with van der Waals surface area (Å²) < 4.78 is 0. The Labute approximate surface area is 90.1 Å². The summed E-state index contributed by atoms with van der Waals surface area (Å²) in [6, 6.07) is 8.50. The van der Waals surface area contributed by atoms with E-state index in [2.05, 4.69) is 17.9 Å². The summed E-state index contributed by atoms with van der Waals surface area (Å²) in [7, 11) is 0. The molecule has 0 saturated heterocycles. The Morgan fingerprint density at radius 1 is 1.53 bits per heavy atom. The predicted octanol–water partition coefficient (Wildman–Crippen LogP) is 2.13. The second-order valence-electron chi connectivity index (χ2n) is 3.90. The Morgan fingerprint density at radius 2 is 2.27 bits per heavy atom. The number of nitrogens with zero attached hydrogens (tertiary/aromatic N) is 2. The van der Waals surface area contributed by atoms with Gasteiger partial charge in [-0.2, -0.15) is 5.26 Å². The first-order valence-corrected chi connectivity index (χ1v) is 5.32. The van der Waals surface area contributed by atoms with Crippen molar-refractivity contribution in [3.05, 3.63) is 23.8 Å². The molecule has 1 saturated carbocycles. The van der Waals surface area contributed by atoms with Crippen molar-refractivity contribution in [3.63, 3.8) is 0 Å². The molecule has 2 N–H and O–H groups in total. The lowest BCUT2D eigenvalue weighted by Crippen LogP contribution is -2.24. The highest BCUT2D eigenvalue weighted by atomic mass is 15.2. The summed E-state index contributed by atoms with van der Waals surface area (Å²) in [6.07, 6.45) is 2.53. The van der Waals surface area contributed by atoms with Gasteiger partial charge in [-0.15, -0.1) is 0 Å². The second-order valence-corrected chi connectivity index (χ2v) is 3.90. The third kappa shape index (κ3) is 1.89. The van der Waals surface area contributed by atoms with E-state index >= 15 is 0 Å². The Hall–Kier alpha value is -1.69. The molecule has 1 aliphatic carbocycles. The molecule has 1 aromatic carbocycles. The molecule has 15 heavy (non-hydrogen) atoms. The molecule has 0 amide bonds. The molecule has 0 aliphatic heterocycles. The first kappa shape index (κ1) is 9.85. The van der Waals surface area contributed by atoms with Crippen LogP contribution in [0.3, 0.4) is 0 Å². The van der Waals surface area contributed by atoms with Crippen LogP contribution in [0, 0.1) is 11.3 Å². The SMILES string of the molecule is CCN(c1ccc(N)c(C#N)c1)C1CC1. The van der Waals surface area contributed by atoms with E-state index in [1.54, 1.807) is 0 Å². The summed E-state index contributed by atoms with van der Waals surface area (Å²) >= 11 is 0.